The van der Waals surface area contributed by atoms with Gasteiger partial charge in [-0.05, 0) is 48.7 Å². The van der Waals surface area contributed by atoms with Crippen molar-refractivity contribution in [1.82, 2.24) is 16.2 Å². The second-order valence-electron chi connectivity index (χ2n) is 4.85. The van der Waals surface area contributed by atoms with E-state index in [0.717, 1.165) is 23.7 Å². The van der Waals surface area contributed by atoms with Crippen molar-refractivity contribution in [2.24, 2.45) is 0 Å². The average molecular weight is 393 g/mol. The van der Waals surface area contributed by atoms with Crippen molar-refractivity contribution >= 4 is 52.1 Å². The Morgan fingerprint density at radius 2 is 1.76 bits per heavy atom. The fourth-order valence-electron chi connectivity index (χ4n) is 1.87. The molecule has 0 spiro atoms. The van der Waals surface area contributed by atoms with Crippen LogP contribution in [0.15, 0.2) is 59.5 Å². The van der Waals surface area contributed by atoms with Crippen LogP contribution in [0.3, 0.4) is 0 Å². The molecular formula is C17H20N4OS3. The molecule has 2 rings (SSSR count). The van der Waals surface area contributed by atoms with Gasteiger partial charge >= 0.3 is 0 Å². The van der Waals surface area contributed by atoms with Gasteiger partial charge in [-0.25, -0.2) is 0 Å². The van der Waals surface area contributed by atoms with Crippen LogP contribution in [0.4, 0.5) is 5.69 Å². The quantitative estimate of drug-likeness (QED) is 0.259. The number of anilines is 1. The number of thioether (sulfide) groups is 1. The van der Waals surface area contributed by atoms with E-state index in [-0.39, 0.29) is 0 Å². The summed E-state index contributed by atoms with van der Waals surface area (Å²) >= 11 is 12.2. The molecule has 0 amide bonds. The molecule has 5 nitrogen and oxygen atoms in total. The van der Waals surface area contributed by atoms with Crippen LogP contribution in [0, 0.1) is 0 Å². The lowest BCUT2D eigenvalue weighted by Gasteiger charge is -2.14. The Bertz CT molecular complexity index is 697. The van der Waals surface area contributed by atoms with E-state index in [2.05, 4.69) is 33.6 Å². The van der Waals surface area contributed by atoms with E-state index >= 15 is 0 Å². The van der Waals surface area contributed by atoms with Crippen LogP contribution in [0.5, 0.6) is 5.75 Å². The summed E-state index contributed by atoms with van der Waals surface area (Å²) in [5.74, 6) is 1.67. The van der Waals surface area contributed by atoms with Crippen LogP contribution in [0.2, 0.25) is 0 Å². The van der Waals surface area contributed by atoms with Gasteiger partial charge in [0.1, 0.15) is 5.75 Å². The third-order valence-corrected chi connectivity index (χ3v) is 4.48. The van der Waals surface area contributed by atoms with Crippen LogP contribution in [0.25, 0.3) is 0 Å². The maximum atomic E-state index is 5.22. The molecule has 0 bridgehead atoms. The van der Waals surface area contributed by atoms with E-state index in [0.29, 0.717) is 10.2 Å². The first-order valence-electron chi connectivity index (χ1n) is 7.60. The van der Waals surface area contributed by atoms with Crippen molar-refractivity contribution in [2.45, 2.75) is 4.90 Å². The van der Waals surface area contributed by atoms with Crippen molar-refractivity contribution in [3.8, 4) is 5.75 Å². The number of ether oxygens (including phenoxy) is 1. The highest BCUT2D eigenvalue weighted by molar-refractivity contribution is 7.99. The third kappa shape index (κ3) is 7.59. The fraction of sp³-hybridized carbons (Fsp3) is 0.176. The average Bonchev–Trinajstić information content (AvgIpc) is 2.64. The summed E-state index contributed by atoms with van der Waals surface area (Å²) in [6.07, 6.45) is 0. The number of hydrogen-bond acceptors (Lipinski definition) is 4. The van der Waals surface area contributed by atoms with E-state index in [9.17, 15) is 0 Å². The molecule has 0 heterocycles. The maximum Gasteiger partial charge on any atom is 0.189 e. The molecule has 8 heteroatoms. The third-order valence-electron chi connectivity index (χ3n) is 3.02. The van der Waals surface area contributed by atoms with Crippen molar-refractivity contribution in [3.05, 3.63) is 54.6 Å². The molecule has 132 valence electrons. The largest absolute Gasteiger partial charge is 0.497 e. The lowest BCUT2D eigenvalue weighted by molar-refractivity contribution is 0.415. The van der Waals surface area contributed by atoms with E-state index < -0.39 is 0 Å². The Labute approximate surface area is 162 Å². The maximum absolute atomic E-state index is 5.22. The highest BCUT2D eigenvalue weighted by atomic mass is 32.2. The van der Waals surface area contributed by atoms with Crippen molar-refractivity contribution in [1.29, 1.82) is 0 Å². The predicted octanol–water partition coefficient (Wildman–Crippen LogP) is 3.15. The van der Waals surface area contributed by atoms with E-state index in [1.54, 1.807) is 18.9 Å². The Hall–Kier alpha value is -2.03. The highest BCUT2D eigenvalue weighted by Gasteiger charge is 2.00. The van der Waals surface area contributed by atoms with E-state index in [4.69, 9.17) is 29.2 Å². The van der Waals surface area contributed by atoms with Crippen LogP contribution >= 0.6 is 36.2 Å². The first-order chi connectivity index (χ1) is 12.2. The van der Waals surface area contributed by atoms with Gasteiger partial charge in [0, 0.05) is 28.9 Å². The summed E-state index contributed by atoms with van der Waals surface area (Å²) in [6.45, 7) is 0.753. The van der Waals surface area contributed by atoms with Crippen LogP contribution in [-0.4, -0.2) is 29.6 Å². The van der Waals surface area contributed by atoms with Gasteiger partial charge in [0.25, 0.3) is 0 Å². The number of hydrogen-bond donors (Lipinski definition) is 4. The molecule has 0 aromatic heterocycles. The first kappa shape index (κ1) is 19.3. The Kier molecular flexibility index (Phi) is 8.30. The molecule has 0 unspecified atom stereocenters. The lowest BCUT2D eigenvalue weighted by Crippen LogP contribution is -2.48. The number of thiocarbonyl (C=S) groups is 2. The number of hydrazine groups is 1. The van der Waals surface area contributed by atoms with Gasteiger partial charge in [-0.1, -0.05) is 24.3 Å². The van der Waals surface area contributed by atoms with Crippen molar-refractivity contribution < 1.29 is 4.74 Å². The monoisotopic (exact) mass is 392 g/mol. The molecule has 0 fully saturated rings. The van der Waals surface area contributed by atoms with Crippen LogP contribution in [-0.2, 0) is 0 Å². The van der Waals surface area contributed by atoms with Gasteiger partial charge < -0.3 is 15.4 Å². The molecule has 0 saturated carbocycles. The minimum Gasteiger partial charge on any atom is -0.497 e. The fourth-order valence-corrected chi connectivity index (χ4v) is 2.98. The lowest BCUT2D eigenvalue weighted by atomic mass is 10.3. The zero-order valence-electron chi connectivity index (χ0n) is 13.7. The minimum atomic E-state index is 0.413. The number of rotatable bonds is 6. The zero-order valence-corrected chi connectivity index (χ0v) is 16.2. The molecule has 0 atom stereocenters. The summed E-state index contributed by atoms with van der Waals surface area (Å²) < 4.78 is 5.17. The Morgan fingerprint density at radius 3 is 2.52 bits per heavy atom. The zero-order chi connectivity index (χ0) is 17.9. The van der Waals surface area contributed by atoms with Crippen LogP contribution in [0.1, 0.15) is 0 Å². The molecule has 4 N–H and O–H groups in total. The second kappa shape index (κ2) is 10.8. The predicted molar refractivity (Wildman–Crippen MR) is 113 cm³/mol. The minimum absolute atomic E-state index is 0.413. The Morgan fingerprint density at radius 1 is 1.00 bits per heavy atom. The van der Waals surface area contributed by atoms with Crippen molar-refractivity contribution in [3.63, 3.8) is 0 Å². The van der Waals surface area contributed by atoms with Gasteiger partial charge in [-0.2, -0.15) is 0 Å². The van der Waals surface area contributed by atoms with E-state index in [1.165, 1.54) is 4.90 Å². The summed E-state index contributed by atoms with van der Waals surface area (Å²) in [5, 5.41) is 7.07. The van der Waals surface area contributed by atoms with Crippen LogP contribution < -0.4 is 26.2 Å². The molecule has 0 saturated heterocycles. The molecule has 2 aromatic carbocycles. The van der Waals surface area contributed by atoms with E-state index in [1.807, 2.05) is 42.5 Å². The normalized spacial score (nSPS) is 9.80. The molecule has 25 heavy (non-hydrogen) atoms. The summed E-state index contributed by atoms with van der Waals surface area (Å²) in [4.78, 5) is 1.24. The van der Waals surface area contributed by atoms with Gasteiger partial charge in [0.2, 0.25) is 0 Å². The molecule has 2 aromatic rings. The van der Waals surface area contributed by atoms with Gasteiger partial charge in [0.05, 0.1) is 7.11 Å². The van der Waals surface area contributed by atoms with Gasteiger partial charge in [-0.3, -0.25) is 10.9 Å². The summed E-state index contributed by atoms with van der Waals surface area (Å²) in [5.41, 5.74) is 6.53. The number of benzene rings is 2. The molecule has 0 aliphatic heterocycles. The summed E-state index contributed by atoms with van der Waals surface area (Å²) in [7, 11) is 1.62. The number of methoxy groups -OCH3 is 1. The van der Waals surface area contributed by atoms with Crippen molar-refractivity contribution in [2.75, 3.05) is 24.7 Å². The summed E-state index contributed by atoms with van der Waals surface area (Å²) in [6, 6.07) is 17.7. The molecule has 0 aliphatic rings. The highest BCUT2D eigenvalue weighted by Crippen LogP contribution is 2.16. The first-order valence-corrected chi connectivity index (χ1v) is 9.40. The molecule has 0 radical (unpaired) electrons. The number of nitrogens with one attached hydrogen (secondary N) is 4. The Balaban J connectivity index is 1.61. The standard InChI is InChI=1S/C17H20N4OS3/c1-22-14-7-5-6-13(12-14)19-17(24)21-20-16(23)18-10-11-25-15-8-3-2-4-9-15/h2-9,12H,10-11H2,1H3,(H2,18,20,23)(H2,19,21,24). The SMILES string of the molecule is COc1cccc(NC(=S)NNC(=S)NCCSc2ccccc2)c1. The van der Waals surface area contributed by atoms with Gasteiger partial charge in [-0.15, -0.1) is 11.8 Å². The smallest absolute Gasteiger partial charge is 0.189 e. The van der Waals surface area contributed by atoms with Gasteiger partial charge in [0.15, 0.2) is 10.2 Å². The topological polar surface area (TPSA) is 57.4 Å². The molecule has 0 aliphatic carbocycles. The molecular weight excluding hydrogens is 372 g/mol. The second-order valence-corrected chi connectivity index (χ2v) is 6.84.